The molecule has 150 valence electrons. The van der Waals surface area contributed by atoms with Crippen molar-refractivity contribution in [1.82, 2.24) is 19.9 Å². The fourth-order valence-corrected chi connectivity index (χ4v) is 3.82. The van der Waals surface area contributed by atoms with E-state index in [0.717, 1.165) is 44.8 Å². The molecule has 4 rings (SSSR count). The number of alkyl halides is 3. The fourth-order valence-electron chi connectivity index (χ4n) is 3.57. The van der Waals surface area contributed by atoms with Crippen molar-refractivity contribution >= 4 is 46.4 Å². The molecule has 0 radical (unpaired) electrons. The largest absolute Gasteiger partial charge is 0.372 e. The van der Waals surface area contributed by atoms with E-state index in [1.807, 2.05) is 12.1 Å². The summed E-state index contributed by atoms with van der Waals surface area (Å²) in [5, 5.41) is 0. The summed E-state index contributed by atoms with van der Waals surface area (Å²) in [5.74, 6) is 1.24. The second kappa shape index (κ2) is 8.19. The van der Waals surface area contributed by atoms with Gasteiger partial charge in [0.1, 0.15) is 0 Å². The van der Waals surface area contributed by atoms with Crippen molar-refractivity contribution in [1.29, 1.82) is 0 Å². The molecule has 2 aliphatic rings. The number of aromatic nitrogens is 3. The van der Waals surface area contributed by atoms with Gasteiger partial charge in [-0.1, -0.05) is 34.8 Å². The van der Waals surface area contributed by atoms with Crippen molar-refractivity contribution in [3.05, 3.63) is 30.1 Å². The smallest absolute Gasteiger partial charge is 0.250 e. The van der Waals surface area contributed by atoms with E-state index in [4.69, 9.17) is 34.8 Å². The molecule has 0 bridgehead atoms. The lowest BCUT2D eigenvalue weighted by Gasteiger charge is -2.32. The Morgan fingerprint density at radius 1 is 0.786 bits per heavy atom. The van der Waals surface area contributed by atoms with Gasteiger partial charge in [-0.15, -0.1) is 0 Å². The quantitative estimate of drug-likeness (QED) is 0.677. The number of benzene rings is 1. The van der Waals surface area contributed by atoms with Gasteiger partial charge in [-0.05, 0) is 44.2 Å². The second-order valence-electron chi connectivity index (χ2n) is 7.31. The minimum absolute atomic E-state index is 0.153. The SMILES string of the molecule is CN1CCN(c2nc(-c3ccc(N4CCCC4)cc3)nc(C(Cl)(Cl)Cl)n2)CC1. The first-order valence-corrected chi connectivity index (χ1v) is 10.7. The third kappa shape index (κ3) is 4.46. The molecule has 2 fully saturated rings. The summed E-state index contributed by atoms with van der Waals surface area (Å²) >= 11 is 18.3. The van der Waals surface area contributed by atoms with E-state index in [0.29, 0.717) is 11.8 Å². The maximum absolute atomic E-state index is 6.11. The highest BCUT2D eigenvalue weighted by Gasteiger charge is 2.30. The lowest BCUT2D eigenvalue weighted by molar-refractivity contribution is 0.311. The van der Waals surface area contributed by atoms with Gasteiger partial charge in [0.05, 0.1) is 0 Å². The van der Waals surface area contributed by atoms with Gasteiger partial charge in [0.25, 0.3) is 0 Å². The zero-order chi connectivity index (χ0) is 19.7. The summed E-state index contributed by atoms with van der Waals surface area (Å²) in [7, 11) is 2.10. The highest BCUT2D eigenvalue weighted by atomic mass is 35.6. The Bertz CT molecular complexity index is 809. The molecule has 0 N–H and O–H groups in total. The van der Waals surface area contributed by atoms with Crippen molar-refractivity contribution in [2.75, 3.05) is 56.1 Å². The van der Waals surface area contributed by atoms with Crippen molar-refractivity contribution in [3.8, 4) is 11.4 Å². The van der Waals surface area contributed by atoms with E-state index >= 15 is 0 Å². The maximum atomic E-state index is 6.11. The number of hydrogen-bond donors (Lipinski definition) is 0. The van der Waals surface area contributed by atoms with Crippen LogP contribution in [0.5, 0.6) is 0 Å². The van der Waals surface area contributed by atoms with Crippen molar-refractivity contribution in [2.24, 2.45) is 0 Å². The first-order valence-electron chi connectivity index (χ1n) is 9.52. The van der Waals surface area contributed by atoms with Gasteiger partial charge in [-0.3, -0.25) is 0 Å². The van der Waals surface area contributed by atoms with Gasteiger partial charge < -0.3 is 14.7 Å². The van der Waals surface area contributed by atoms with Crippen LogP contribution in [0.4, 0.5) is 11.6 Å². The molecule has 1 aromatic heterocycles. The Hall–Kier alpha value is -1.34. The molecule has 1 aromatic carbocycles. The number of rotatable bonds is 3. The van der Waals surface area contributed by atoms with Gasteiger partial charge in [-0.2, -0.15) is 9.97 Å². The molecule has 0 unspecified atom stereocenters. The van der Waals surface area contributed by atoms with Gasteiger partial charge in [0.15, 0.2) is 11.6 Å². The maximum Gasteiger partial charge on any atom is 0.250 e. The van der Waals surface area contributed by atoms with Crippen molar-refractivity contribution in [2.45, 2.75) is 16.6 Å². The first-order chi connectivity index (χ1) is 13.4. The van der Waals surface area contributed by atoms with Gasteiger partial charge in [0.2, 0.25) is 9.74 Å². The molecular formula is C19H23Cl3N6. The Morgan fingerprint density at radius 3 is 2.04 bits per heavy atom. The minimum Gasteiger partial charge on any atom is -0.372 e. The Kier molecular flexibility index (Phi) is 5.83. The molecule has 3 heterocycles. The van der Waals surface area contributed by atoms with Gasteiger partial charge in [0, 0.05) is 50.5 Å². The predicted molar refractivity (Wildman–Crippen MR) is 116 cm³/mol. The molecule has 2 aliphatic heterocycles. The van der Waals surface area contributed by atoms with Crippen LogP contribution in [0, 0.1) is 0 Å². The summed E-state index contributed by atoms with van der Waals surface area (Å²) in [6.07, 6.45) is 2.49. The highest BCUT2D eigenvalue weighted by molar-refractivity contribution is 6.66. The average molecular weight is 442 g/mol. The van der Waals surface area contributed by atoms with E-state index in [-0.39, 0.29) is 5.82 Å². The standard InChI is InChI=1S/C19H23Cl3N6/c1-26-10-12-28(13-11-26)18-24-16(23-17(25-18)19(20,21)22)14-4-6-15(7-5-14)27-8-2-3-9-27/h4-7H,2-3,8-13H2,1H3. The van der Waals surface area contributed by atoms with Crippen LogP contribution in [0.15, 0.2) is 24.3 Å². The number of piperazine rings is 1. The number of anilines is 2. The molecule has 0 amide bonds. The van der Waals surface area contributed by atoms with Crippen LogP contribution in [0.3, 0.4) is 0 Å². The van der Waals surface area contributed by atoms with Gasteiger partial charge in [-0.25, -0.2) is 4.98 Å². The fraction of sp³-hybridized carbons (Fsp3) is 0.526. The van der Waals surface area contributed by atoms with E-state index in [9.17, 15) is 0 Å². The molecule has 2 saturated heterocycles. The normalized spacial score (nSPS) is 18.7. The second-order valence-corrected chi connectivity index (χ2v) is 9.59. The van der Waals surface area contributed by atoms with E-state index in [1.54, 1.807) is 0 Å². The van der Waals surface area contributed by atoms with Crippen LogP contribution >= 0.6 is 34.8 Å². The average Bonchev–Trinajstić information content (AvgIpc) is 3.22. The third-order valence-electron chi connectivity index (χ3n) is 5.26. The van der Waals surface area contributed by atoms with Crippen LogP contribution < -0.4 is 9.80 Å². The van der Waals surface area contributed by atoms with E-state index in [2.05, 4.69) is 48.8 Å². The molecule has 6 nitrogen and oxygen atoms in total. The lowest BCUT2D eigenvalue weighted by Crippen LogP contribution is -2.45. The Balaban J connectivity index is 1.66. The Labute approximate surface area is 180 Å². The summed E-state index contributed by atoms with van der Waals surface area (Å²) < 4.78 is -1.70. The van der Waals surface area contributed by atoms with Crippen LogP contribution in [0.1, 0.15) is 18.7 Å². The first kappa shape index (κ1) is 20.0. The molecule has 2 aromatic rings. The number of likely N-dealkylation sites (N-methyl/N-ethyl adjacent to an activating group) is 1. The molecule has 0 spiro atoms. The van der Waals surface area contributed by atoms with Gasteiger partial charge >= 0.3 is 0 Å². The van der Waals surface area contributed by atoms with Crippen LogP contribution in [0.25, 0.3) is 11.4 Å². The summed E-state index contributed by atoms with van der Waals surface area (Å²) in [5.41, 5.74) is 2.10. The molecule has 0 atom stereocenters. The highest BCUT2D eigenvalue weighted by Crippen LogP contribution is 2.37. The topological polar surface area (TPSA) is 48.4 Å². The van der Waals surface area contributed by atoms with Crippen molar-refractivity contribution < 1.29 is 0 Å². The van der Waals surface area contributed by atoms with Crippen molar-refractivity contribution in [3.63, 3.8) is 0 Å². The number of hydrogen-bond acceptors (Lipinski definition) is 6. The zero-order valence-electron chi connectivity index (χ0n) is 15.8. The molecule has 9 heteroatoms. The zero-order valence-corrected chi connectivity index (χ0v) is 18.1. The van der Waals surface area contributed by atoms with E-state index < -0.39 is 3.79 Å². The monoisotopic (exact) mass is 440 g/mol. The molecule has 0 aliphatic carbocycles. The molecule has 0 saturated carbocycles. The third-order valence-corrected chi connectivity index (χ3v) is 5.77. The van der Waals surface area contributed by atoms with E-state index in [1.165, 1.54) is 18.5 Å². The summed E-state index contributed by atoms with van der Waals surface area (Å²) in [6.45, 7) is 5.75. The molecule has 28 heavy (non-hydrogen) atoms. The minimum atomic E-state index is -1.70. The molecular weight excluding hydrogens is 419 g/mol. The Morgan fingerprint density at radius 2 is 1.43 bits per heavy atom. The predicted octanol–water partition coefficient (Wildman–Crippen LogP) is 3.72. The lowest BCUT2D eigenvalue weighted by atomic mass is 10.2. The number of halogens is 3. The van der Waals surface area contributed by atoms with Crippen LogP contribution in [-0.2, 0) is 3.79 Å². The van der Waals surface area contributed by atoms with Crippen LogP contribution in [0.2, 0.25) is 0 Å². The summed E-state index contributed by atoms with van der Waals surface area (Å²) in [6, 6.07) is 8.27. The summed E-state index contributed by atoms with van der Waals surface area (Å²) in [4.78, 5) is 20.3. The number of nitrogens with zero attached hydrogens (tertiary/aromatic N) is 6. The van der Waals surface area contributed by atoms with Crippen LogP contribution in [-0.4, -0.2) is 66.2 Å².